The van der Waals surface area contributed by atoms with Crippen LogP contribution in [0, 0.1) is 0 Å². The predicted molar refractivity (Wildman–Crippen MR) is 82.8 cm³/mol. The average molecular weight is 333 g/mol. The Bertz CT molecular complexity index is 699. The Morgan fingerprint density at radius 2 is 2.12 bits per heavy atom. The predicted octanol–water partition coefficient (Wildman–Crippen LogP) is 1.31. The molecule has 0 bridgehead atoms. The van der Waals surface area contributed by atoms with Gasteiger partial charge in [-0.05, 0) is 25.2 Å². The molecule has 0 radical (unpaired) electrons. The van der Waals surface area contributed by atoms with Crippen LogP contribution in [0.1, 0.15) is 5.89 Å². The third kappa shape index (κ3) is 3.35. The Morgan fingerprint density at radius 1 is 1.21 bits per heavy atom. The highest BCUT2D eigenvalue weighted by Gasteiger charge is 2.19. The second-order valence-electron chi connectivity index (χ2n) is 5.84. The minimum atomic E-state index is 0.0833. The van der Waals surface area contributed by atoms with E-state index in [4.69, 9.17) is 23.5 Å². The molecule has 1 aromatic heterocycles. The van der Waals surface area contributed by atoms with Crippen LogP contribution in [-0.2, 0) is 16.0 Å². The highest BCUT2D eigenvalue weighted by Crippen LogP contribution is 2.35. The SMILES string of the molecule is CN(Cc1nc(-c2ccc3c(c2)OCO3)no1)CC1COCCO1. The zero-order valence-corrected chi connectivity index (χ0v) is 13.4. The van der Waals surface area contributed by atoms with Crippen molar-refractivity contribution in [2.24, 2.45) is 0 Å². The molecule has 24 heavy (non-hydrogen) atoms. The van der Waals surface area contributed by atoms with Gasteiger partial charge in [-0.3, -0.25) is 4.90 Å². The Kier molecular flexibility index (Phi) is 4.33. The minimum Gasteiger partial charge on any atom is -0.454 e. The molecule has 1 aromatic carbocycles. The van der Waals surface area contributed by atoms with E-state index in [9.17, 15) is 0 Å². The van der Waals surface area contributed by atoms with Crippen molar-refractivity contribution in [3.63, 3.8) is 0 Å². The maximum Gasteiger partial charge on any atom is 0.241 e. The molecule has 8 nitrogen and oxygen atoms in total. The summed E-state index contributed by atoms with van der Waals surface area (Å²) in [6.45, 7) is 3.49. The Hall–Kier alpha value is -2.16. The van der Waals surface area contributed by atoms with E-state index in [-0.39, 0.29) is 12.9 Å². The van der Waals surface area contributed by atoms with Crippen molar-refractivity contribution >= 4 is 0 Å². The lowest BCUT2D eigenvalue weighted by Gasteiger charge is -2.26. The molecule has 0 amide bonds. The summed E-state index contributed by atoms with van der Waals surface area (Å²) in [5.74, 6) is 2.53. The monoisotopic (exact) mass is 333 g/mol. The molecule has 3 heterocycles. The highest BCUT2D eigenvalue weighted by atomic mass is 16.7. The topological polar surface area (TPSA) is 79.1 Å². The molecule has 0 aliphatic carbocycles. The molecule has 0 N–H and O–H groups in total. The Morgan fingerprint density at radius 3 is 3.00 bits per heavy atom. The number of fused-ring (bicyclic) bond motifs is 1. The summed E-state index contributed by atoms with van der Waals surface area (Å²) < 4.78 is 27.1. The highest BCUT2D eigenvalue weighted by molar-refractivity contribution is 5.61. The van der Waals surface area contributed by atoms with Crippen molar-refractivity contribution in [1.29, 1.82) is 0 Å². The second-order valence-corrected chi connectivity index (χ2v) is 5.84. The van der Waals surface area contributed by atoms with Crippen LogP contribution in [0.3, 0.4) is 0 Å². The van der Waals surface area contributed by atoms with Gasteiger partial charge in [0.2, 0.25) is 18.5 Å². The van der Waals surface area contributed by atoms with E-state index in [2.05, 4.69) is 15.0 Å². The van der Waals surface area contributed by atoms with Crippen LogP contribution in [0.4, 0.5) is 0 Å². The van der Waals surface area contributed by atoms with Gasteiger partial charge in [0.1, 0.15) is 0 Å². The lowest BCUT2D eigenvalue weighted by Crippen LogP contribution is -2.38. The normalized spacial score (nSPS) is 19.8. The molecule has 2 aliphatic rings. The Labute approximate surface area is 139 Å². The molecule has 1 saturated heterocycles. The van der Waals surface area contributed by atoms with Crippen LogP contribution in [0.2, 0.25) is 0 Å². The smallest absolute Gasteiger partial charge is 0.241 e. The van der Waals surface area contributed by atoms with Gasteiger partial charge >= 0.3 is 0 Å². The number of aromatic nitrogens is 2. The van der Waals surface area contributed by atoms with Gasteiger partial charge < -0.3 is 23.5 Å². The van der Waals surface area contributed by atoms with Gasteiger partial charge in [0.15, 0.2) is 11.5 Å². The van der Waals surface area contributed by atoms with Crippen molar-refractivity contribution in [1.82, 2.24) is 15.0 Å². The van der Waals surface area contributed by atoms with E-state index in [0.717, 1.165) is 17.9 Å². The first-order valence-corrected chi connectivity index (χ1v) is 7.88. The van der Waals surface area contributed by atoms with Crippen LogP contribution in [0.25, 0.3) is 11.4 Å². The largest absolute Gasteiger partial charge is 0.454 e. The number of hydrogen-bond donors (Lipinski definition) is 0. The van der Waals surface area contributed by atoms with Crippen LogP contribution < -0.4 is 9.47 Å². The number of likely N-dealkylation sites (N-methyl/N-ethyl adjacent to an activating group) is 1. The van der Waals surface area contributed by atoms with Crippen molar-refractivity contribution in [2.75, 3.05) is 40.2 Å². The molecule has 0 saturated carbocycles. The molecule has 128 valence electrons. The molecule has 2 aliphatic heterocycles. The van der Waals surface area contributed by atoms with E-state index in [1.165, 1.54) is 0 Å². The summed E-state index contributed by atoms with van der Waals surface area (Å²) in [6, 6.07) is 5.59. The van der Waals surface area contributed by atoms with Crippen LogP contribution in [-0.4, -0.2) is 61.4 Å². The van der Waals surface area contributed by atoms with Crippen LogP contribution in [0.5, 0.6) is 11.5 Å². The maximum absolute atomic E-state index is 5.64. The summed E-state index contributed by atoms with van der Waals surface area (Å²) in [7, 11) is 1.99. The molecular weight excluding hydrogens is 314 g/mol. The van der Waals surface area contributed by atoms with Gasteiger partial charge in [0.25, 0.3) is 0 Å². The van der Waals surface area contributed by atoms with Crippen molar-refractivity contribution in [3.8, 4) is 22.9 Å². The van der Waals surface area contributed by atoms with Gasteiger partial charge in [-0.2, -0.15) is 4.98 Å². The maximum atomic E-state index is 5.64. The van der Waals surface area contributed by atoms with Crippen LogP contribution >= 0.6 is 0 Å². The van der Waals surface area contributed by atoms with E-state index in [1.807, 2.05) is 25.2 Å². The molecule has 1 fully saturated rings. The van der Waals surface area contributed by atoms with E-state index in [0.29, 0.717) is 43.8 Å². The fourth-order valence-electron chi connectivity index (χ4n) is 2.76. The minimum absolute atomic E-state index is 0.0833. The molecule has 2 aromatic rings. The third-order valence-electron chi connectivity index (χ3n) is 3.90. The van der Waals surface area contributed by atoms with Gasteiger partial charge in [0.05, 0.1) is 32.5 Å². The third-order valence-corrected chi connectivity index (χ3v) is 3.90. The first-order chi connectivity index (χ1) is 11.8. The number of benzene rings is 1. The quantitative estimate of drug-likeness (QED) is 0.810. The standard InChI is InChI=1S/C16H19N3O5/c1-19(7-12-9-20-4-5-21-12)8-15-17-16(18-24-15)11-2-3-13-14(6-11)23-10-22-13/h2-3,6,12H,4-5,7-10H2,1H3. The fraction of sp³-hybridized carbons (Fsp3) is 0.500. The van der Waals surface area contributed by atoms with Gasteiger partial charge in [-0.1, -0.05) is 5.16 Å². The lowest BCUT2D eigenvalue weighted by atomic mass is 10.2. The molecule has 8 heteroatoms. The fourth-order valence-corrected chi connectivity index (χ4v) is 2.76. The summed E-state index contributed by atoms with van der Waals surface area (Å²) >= 11 is 0. The molecule has 4 rings (SSSR count). The van der Waals surface area contributed by atoms with Crippen LogP contribution in [0.15, 0.2) is 22.7 Å². The van der Waals surface area contributed by atoms with Crippen molar-refractivity contribution in [2.45, 2.75) is 12.6 Å². The zero-order valence-electron chi connectivity index (χ0n) is 13.4. The van der Waals surface area contributed by atoms with Gasteiger partial charge in [-0.15, -0.1) is 0 Å². The van der Waals surface area contributed by atoms with Gasteiger partial charge in [0, 0.05) is 12.1 Å². The summed E-state index contributed by atoms with van der Waals surface area (Å²) in [4.78, 5) is 6.53. The number of ether oxygens (including phenoxy) is 4. The zero-order chi connectivity index (χ0) is 16.4. The molecular formula is C16H19N3O5. The summed E-state index contributed by atoms with van der Waals surface area (Å²) in [6.07, 6.45) is 0.0833. The number of nitrogens with zero attached hydrogens (tertiary/aromatic N) is 3. The molecule has 1 unspecified atom stereocenters. The molecule has 1 atom stereocenters. The van der Waals surface area contributed by atoms with Crippen molar-refractivity contribution < 1.29 is 23.5 Å². The average Bonchev–Trinajstić information content (AvgIpc) is 3.24. The first kappa shape index (κ1) is 15.4. The van der Waals surface area contributed by atoms with E-state index < -0.39 is 0 Å². The lowest BCUT2D eigenvalue weighted by molar-refractivity contribution is -0.0967. The molecule has 0 spiro atoms. The Balaban J connectivity index is 1.39. The van der Waals surface area contributed by atoms with E-state index in [1.54, 1.807) is 0 Å². The number of rotatable bonds is 5. The summed E-state index contributed by atoms with van der Waals surface area (Å²) in [5, 5.41) is 4.05. The van der Waals surface area contributed by atoms with E-state index >= 15 is 0 Å². The number of hydrogen-bond acceptors (Lipinski definition) is 8. The van der Waals surface area contributed by atoms with Gasteiger partial charge in [-0.25, -0.2) is 0 Å². The first-order valence-electron chi connectivity index (χ1n) is 7.88. The van der Waals surface area contributed by atoms with Crippen molar-refractivity contribution in [3.05, 3.63) is 24.1 Å². The second kappa shape index (κ2) is 6.76. The summed E-state index contributed by atoms with van der Waals surface area (Å²) in [5.41, 5.74) is 0.834.